The van der Waals surface area contributed by atoms with Crippen LogP contribution in [-0.4, -0.2) is 37.2 Å². The van der Waals surface area contributed by atoms with E-state index in [2.05, 4.69) is 106 Å². The molecule has 6 nitrogen and oxygen atoms in total. The van der Waals surface area contributed by atoms with E-state index in [1.807, 2.05) is 0 Å². The molecule has 79 heavy (non-hydrogen) atoms. The maximum absolute atomic E-state index is 12.9. The number of unbranched alkanes of at least 4 members (excludes halogenated alkanes) is 37. The number of allylic oxidation sites excluding steroid dienone is 14. The summed E-state index contributed by atoms with van der Waals surface area (Å²) in [5.41, 5.74) is 0. The molecule has 0 N–H and O–H groups in total. The lowest BCUT2D eigenvalue weighted by Gasteiger charge is -2.18. The molecule has 0 rings (SSSR count). The molecule has 1 atom stereocenters. The van der Waals surface area contributed by atoms with Gasteiger partial charge in [0.1, 0.15) is 13.2 Å². The Kier molecular flexibility index (Phi) is 64.2. The van der Waals surface area contributed by atoms with Crippen molar-refractivity contribution in [1.29, 1.82) is 0 Å². The summed E-state index contributed by atoms with van der Waals surface area (Å²) in [4.78, 5) is 38.4. The molecule has 0 bridgehead atoms. The van der Waals surface area contributed by atoms with Gasteiger partial charge < -0.3 is 14.2 Å². The van der Waals surface area contributed by atoms with Gasteiger partial charge in [-0.1, -0.05) is 331 Å². The summed E-state index contributed by atoms with van der Waals surface area (Å²) in [6, 6.07) is 0. The van der Waals surface area contributed by atoms with E-state index in [1.165, 1.54) is 193 Å². The first-order chi connectivity index (χ1) is 39.0. The number of hydrogen-bond donors (Lipinski definition) is 0. The summed E-state index contributed by atoms with van der Waals surface area (Å²) >= 11 is 0. The molecule has 0 heterocycles. The Hall–Kier alpha value is -3.41. The van der Waals surface area contributed by atoms with Crippen molar-refractivity contribution in [1.82, 2.24) is 0 Å². The highest BCUT2D eigenvalue weighted by Gasteiger charge is 2.19. The molecule has 0 spiro atoms. The minimum atomic E-state index is -0.789. The number of hydrogen-bond acceptors (Lipinski definition) is 6. The number of ether oxygens (including phenoxy) is 3. The summed E-state index contributed by atoms with van der Waals surface area (Å²) in [7, 11) is 0. The third kappa shape index (κ3) is 65.3. The van der Waals surface area contributed by atoms with Gasteiger partial charge in [0.2, 0.25) is 0 Å². The van der Waals surface area contributed by atoms with E-state index in [1.54, 1.807) is 0 Å². The van der Waals surface area contributed by atoms with Gasteiger partial charge in [0.15, 0.2) is 6.10 Å². The molecule has 0 aromatic heterocycles. The van der Waals surface area contributed by atoms with Gasteiger partial charge in [-0.05, 0) is 77.0 Å². The molecule has 0 aliphatic carbocycles. The van der Waals surface area contributed by atoms with E-state index in [-0.39, 0.29) is 31.1 Å². The zero-order valence-corrected chi connectivity index (χ0v) is 52.4. The Bertz CT molecular complexity index is 1500. The minimum Gasteiger partial charge on any atom is -0.462 e. The fourth-order valence-corrected chi connectivity index (χ4v) is 9.84. The van der Waals surface area contributed by atoms with E-state index in [9.17, 15) is 14.4 Å². The molecule has 0 aliphatic rings. The van der Waals surface area contributed by atoms with Crippen LogP contribution >= 0.6 is 0 Å². The quantitative estimate of drug-likeness (QED) is 0.0261. The Morgan fingerprint density at radius 1 is 0.266 bits per heavy atom. The zero-order chi connectivity index (χ0) is 57.1. The molecule has 0 radical (unpaired) electrons. The van der Waals surface area contributed by atoms with Crippen LogP contribution in [0.4, 0.5) is 0 Å². The first kappa shape index (κ1) is 75.6. The van der Waals surface area contributed by atoms with Crippen LogP contribution in [0, 0.1) is 0 Å². The smallest absolute Gasteiger partial charge is 0.306 e. The van der Waals surface area contributed by atoms with Crippen LogP contribution in [0.25, 0.3) is 0 Å². The molecule has 0 saturated carbocycles. The summed E-state index contributed by atoms with van der Waals surface area (Å²) in [5, 5.41) is 0. The molecule has 6 heteroatoms. The van der Waals surface area contributed by atoms with Crippen molar-refractivity contribution in [2.24, 2.45) is 0 Å². The molecule has 0 aliphatic heterocycles. The normalized spacial score (nSPS) is 12.6. The molecular weight excluding hydrogens is 973 g/mol. The average Bonchev–Trinajstić information content (AvgIpc) is 3.45. The maximum atomic E-state index is 12.9. The highest BCUT2D eigenvalue weighted by Crippen LogP contribution is 2.18. The van der Waals surface area contributed by atoms with Crippen LogP contribution in [0.1, 0.15) is 342 Å². The van der Waals surface area contributed by atoms with Crippen molar-refractivity contribution in [2.75, 3.05) is 13.2 Å². The lowest BCUT2D eigenvalue weighted by Crippen LogP contribution is -2.30. The van der Waals surface area contributed by atoms with E-state index in [0.717, 1.165) is 109 Å². The minimum absolute atomic E-state index is 0.0825. The molecule has 0 saturated heterocycles. The molecule has 1 unspecified atom stereocenters. The van der Waals surface area contributed by atoms with Gasteiger partial charge in [-0.15, -0.1) is 0 Å². The Morgan fingerprint density at radius 3 is 0.772 bits per heavy atom. The van der Waals surface area contributed by atoms with Crippen molar-refractivity contribution in [3.8, 4) is 0 Å². The second-order valence-corrected chi connectivity index (χ2v) is 22.7. The predicted octanol–water partition coefficient (Wildman–Crippen LogP) is 23.4. The second kappa shape index (κ2) is 67.1. The summed E-state index contributed by atoms with van der Waals surface area (Å²) in [5.74, 6) is -0.896. The van der Waals surface area contributed by atoms with Crippen LogP contribution in [0.3, 0.4) is 0 Å². The van der Waals surface area contributed by atoms with E-state index in [4.69, 9.17) is 14.2 Å². The highest BCUT2D eigenvalue weighted by atomic mass is 16.6. The predicted molar refractivity (Wildman–Crippen MR) is 344 cm³/mol. The van der Waals surface area contributed by atoms with Crippen molar-refractivity contribution in [2.45, 2.75) is 348 Å². The molecular formula is C73H128O6. The standard InChI is InChI=1S/C73H128O6/c1-4-7-10-13-16-19-22-25-28-31-33-35-36-37-38-39-41-42-45-48-51-54-57-60-63-66-72(75)78-69-70(68-77-71(74)65-62-59-56-53-50-47-44-30-27-24-21-18-15-12-9-6-3)79-73(76)67-64-61-58-55-52-49-46-43-40-34-32-29-26-23-20-17-14-11-8-5-2/h7,10,16,19,25,28,33,35,37-38,41-42,48,51,70H,4-6,8-9,11-15,17-18,20-24,26-27,29-32,34,36,39-40,43-47,49-50,52-69H2,1-3H3/b10-7-,19-16-,28-25-,35-33-,38-37-,42-41-,51-48-. The van der Waals surface area contributed by atoms with Gasteiger partial charge in [-0.3, -0.25) is 14.4 Å². The average molecular weight is 1100 g/mol. The third-order valence-electron chi connectivity index (χ3n) is 14.9. The SMILES string of the molecule is CC/C=C\C/C=C\C/C=C\C/C=C\C/C=C\C/C=C\C/C=C\CCCCCC(=O)OCC(COC(=O)CCCCCCCCCCCCCCCCCC)OC(=O)CCCCCCCCCCCCCCCCCCCCCC. The monoisotopic (exact) mass is 1100 g/mol. The Balaban J connectivity index is 4.40. The fourth-order valence-electron chi connectivity index (χ4n) is 9.84. The number of carbonyl (C=O) groups is 3. The summed E-state index contributed by atoms with van der Waals surface area (Å²) in [6.45, 7) is 6.56. The Morgan fingerprint density at radius 2 is 0.494 bits per heavy atom. The Labute approximate surface area is 490 Å². The van der Waals surface area contributed by atoms with Crippen molar-refractivity contribution < 1.29 is 28.6 Å². The van der Waals surface area contributed by atoms with Gasteiger partial charge in [-0.25, -0.2) is 0 Å². The van der Waals surface area contributed by atoms with Crippen molar-refractivity contribution >= 4 is 17.9 Å². The van der Waals surface area contributed by atoms with Crippen LogP contribution in [0.2, 0.25) is 0 Å². The van der Waals surface area contributed by atoms with E-state index in [0.29, 0.717) is 19.3 Å². The molecule has 0 amide bonds. The first-order valence-electron chi connectivity index (χ1n) is 34.1. The second-order valence-electron chi connectivity index (χ2n) is 22.7. The van der Waals surface area contributed by atoms with Crippen LogP contribution in [0.5, 0.6) is 0 Å². The maximum Gasteiger partial charge on any atom is 0.306 e. The number of carbonyl (C=O) groups excluding carboxylic acids is 3. The van der Waals surface area contributed by atoms with E-state index < -0.39 is 6.10 Å². The molecule has 0 fully saturated rings. The number of rotatable bonds is 62. The van der Waals surface area contributed by atoms with Gasteiger partial charge in [-0.2, -0.15) is 0 Å². The van der Waals surface area contributed by atoms with Crippen molar-refractivity contribution in [3.63, 3.8) is 0 Å². The number of esters is 3. The zero-order valence-electron chi connectivity index (χ0n) is 52.4. The molecule has 0 aromatic carbocycles. The van der Waals surface area contributed by atoms with Crippen LogP contribution in [0.15, 0.2) is 85.1 Å². The van der Waals surface area contributed by atoms with Gasteiger partial charge in [0, 0.05) is 19.3 Å². The lowest BCUT2D eigenvalue weighted by molar-refractivity contribution is -0.167. The lowest BCUT2D eigenvalue weighted by atomic mass is 10.0. The fraction of sp³-hybridized carbons (Fsp3) is 0.767. The highest BCUT2D eigenvalue weighted by molar-refractivity contribution is 5.71. The van der Waals surface area contributed by atoms with Crippen LogP contribution < -0.4 is 0 Å². The molecule has 456 valence electrons. The molecule has 0 aromatic rings. The third-order valence-corrected chi connectivity index (χ3v) is 14.9. The van der Waals surface area contributed by atoms with Crippen LogP contribution in [-0.2, 0) is 28.6 Å². The van der Waals surface area contributed by atoms with E-state index >= 15 is 0 Å². The topological polar surface area (TPSA) is 78.9 Å². The summed E-state index contributed by atoms with van der Waals surface area (Å²) in [6.07, 6.45) is 88.8. The van der Waals surface area contributed by atoms with Gasteiger partial charge >= 0.3 is 17.9 Å². The first-order valence-corrected chi connectivity index (χ1v) is 34.1. The van der Waals surface area contributed by atoms with Gasteiger partial charge in [0.25, 0.3) is 0 Å². The summed E-state index contributed by atoms with van der Waals surface area (Å²) < 4.78 is 17.0. The van der Waals surface area contributed by atoms with Gasteiger partial charge in [0.05, 0.1) is 0 Å². The largest absolute Gasteiger partial charge is 0.462 e. The van der Waals surface area contributed by atoms with Crippen molar-refractivity contribution in [3.05, 3.63) is 85.1 Å².